The van der Waals surface area contributed by atoms with Crippen molar-refractivity contribution in [2.24, 2.45) is 7.05 Å². The van der Waals surface area contributed by atoms with Crippen LogP contribution in [0.4, 0.5) is 0 Å². The van der Waals surface area contributed by atoms with E-state index in [-0.39, 0.29) is 23.6 Å². The van der Waals surface area contributed by atoms with E-state index in [9.17, 15) is 9.59 Å². The van der Waals surface area contributed by atoms with Crippen LogP contribution in [0.3, 0.4) is 0 Å². The Morgan fingerprint density at radius 2 is 1.88 bits per heavy atom. The van der Waals surface area contributed by atoms with Gasteiger partial charge in [0.15, 0.2) is 0 Å². The third-order valence-electron chi connectivity index (χ3n) is 6.99. The van der Waals surface area contributed by atoms with Crippen molar-refractivity contribution in [3.8, 4) is 17.0 Å². The minimum atomic E-state index is -0.0516. The fourth-order valence-electron chi connectivity index (χ4n) is 5.16. The number of amides is 1. The Bertz CT molecular complexity index is 1200. The van der Waals surface area contributed by atoms with E-state index in [4.69, 9.17) is 4.74 Å². The van der Waals surface area contributed by atoms with Crippen LogP contribution in [0.1, 0.15) is 66.8 Å². The number of aryl methyl sites for hydroxylation is 1. The number of methoxy groups -OCH3 is 1. The van der Waals surface area contributed by atoms with Crippen molar-refractivity contribution in [1.29, 1.82) is 0 Å². The highest BCUT2D eigenvalue weighted by Crippen LogP contribution is 2.34. The summed E-state index contributed by atoms with van der Waals surface area (Å²) in [6, 6.07) is 9.67. The number of nitrogens with zero attached hydrogens (tertiary/aromatic N) is 5. The fraction of sp³-hybridized carbons (Fsp3) is 0.500. The summed E-state index contributed by atoms with van der Waals surface area (Å²) in [6.07, 6.45) is 6.02. The molecule has 2 aliphatic rings. The van der Waals surface area contributed by atoms with E-state index in [0.29, 0.717) is 24.5 Å². The van der Waals surface area contributed by atoms with Crippen LogP contribution >= 0.6 is 0 Å². The third kappa shape index (κ3) is 4.07. The van der Waals surface area contributed by atoms with Gasteiger partial charge in [-0.15, -0.1) is 0 Å². The maximum atomic E-state index is 13.1. The zero-order valence-corrected chi connectivity index (χ0v) is 19.2. The first-order valence-corrected chi connectivity index (χ1v) is 11.7. The number of rotatable bonds is 5. The van der Waals surface area contributed by atoms with Crippen LogP contribution in [0.25, 0.3) is 11.3 Å². The van der Waals surface area contributed by atoms with Crippen molar-refractivity contribution in [3.05, 3.63) is 52.3 Å². The lowest BCUT2D eigenvalue weighted by Crippen LogP contribution is -2.39. The van der Waals surface area contributed by atoms with Gasteiger partial charge in [0.25, 0.3) is 5.91 Å². The van der Waals surface area contributed by atoms with Crippen LogP contribution in [0.5, 0.6) is 5.75 Å². The van der Waals surface area contributed by atoms with Gasteiger partial charge in [-0.2, -0.15) is 10.2 Å². The van der Waals surface area contributed by atoms with E-state index in [1.165, 1.54) is 17.5 Å². The summed E-state index contributed by atoms with van der Waals surface area (Å²) in [5, 5.41) is 11.8. The summed E-state index contributed by atoms with van der Waals surface area (Å²) >= 11 is 0. The van der Waals surface area contributed by atoms with Gasteiger partial charge in [0, 0.05) is 37.7 Å². The Balaban J connectivity index is 1.28. The maximum Gasteiger partial charge on any atom is 0.345 e. The molecule has 9 nitrogen and oxygen atoms in total. The summed E-state index contributed by atoms with van der Waals surface area (Å²) in [4.78, 5) is 27.7. The van der Waals surface area contributed by atoms with Gasteiger partial charge in [-0.05, 0) is 43.9 Å². The van der Waals surface area contributed by atoms with Crippen LogP contribution in [0.15, 0.2) is 35.1 Å². The van der Waals surface area contributed by atoms with Crippen LogP contribution in [0, 0.1) is 0 Å². The van der Waals surface area contributed by atoms with Gasteiger partial charge >= 0.3 is 5.69 Å². The molecule has 9 heteroatoms. The van der Waals surface area contributed by atoms with Crippen LogP contribution in [0.2, 0.25) is 0 Å². The van der Waals surface area contributed by atoms with Crippen molar-refractivity contribution in [3.63, 3.8) is 0 Å². The molecular formula is C24H30N6O3. The molecule has 2 fully saturated rings. The lowest BCUT2D eigenvalue weighted by molar-refractivity contribution is 0.0703. The Morgan fingerprint density at radius 3 is 2.61 bits per heavy atom. The first kappa shape index (κ1) is 21.5. The van der Waals surface area contributed by atoms with Gasteiger partial charge in [-0.1, -0.05) is 25.0 Å². The smallest absolute Gasteiger partial charge is 0.345 e. The first-order chi connectivity index (χ1) is 16.0. The predicted molar refractivity (Wildman–Crippen MR) is 123 cm³/mol. The average molecular weight is 451 g/mol. The molecule has 1 aliphatic heterocycles. The Labute approximate surface area is 192 Å². The fourth-order valence-corrected chi connectivity index (χ4v) is 5.16. The van der Waals surface area contributed by atoms with Crippen LogP contribution in [-0.4, -0.2) is 55.6 Å². The van der Waals surface area contributed by atoms with Gasteiger partial charge in [0.2, 0.25) is 0 Å². The largest absolute Gasteiger partial charge is 0.497 e. The molecule has 3 heterocycles. The SMILES string of the molecule is COc1cccc(-c2cc(C(=O)N3CCC(c4nn(C)c(=O)n4C4CCCC4)CC3)[nH]n2)c1. The topological polar surface area (TPSA) is 98.0 Å². The molecule has 1 saturated carbocycles. The number of H-pyrrole nitrogens is 1. The molecule has 1 aliphatic carbocycles. The normalized spacial score (nSPS) is 17.6. The quantitative estimate of drug-likeness (QED) is 0.644. The standard InChI is InChI=1S/C24H30N6O3/c1-28-24(32)30(18-7-3-4-8-18)22(27-28)16-10-12-29(13-11-16)23(31)21-15-20(25-26-21)17-6-5-9-19(14-17)33-2/h5-6,9,14-16,18H,3-4,7-8,10-13H2,1-2H3,(H,25,26). The highest BCUT2D eigenvalue weighted by molar-refractivity contribution is 5.93. The molecule has 174 valence electrons. The number of hydrogen-bond acceptors (Lipinski definition) is 5. The van der Waals surface area contributed by atoms with Gasteiger partial charge in [0.05, 0.1) is 12.8 Å². The molecule has 2 aromatic heterocycles. The molecule has 1 amide bonds. The molecule has 0 bridgehead atoms. The number of benzene rings is 1. The van der Waals surface area contributed by atoms with E-state index in [0.717, 1.165) is 42.8 Å². The molecule has 33 heavy (non-hydrogen) atoms. The zero-order valence-electron chi connectivity index (χ0n) is 19.2. The van der Waals surface area contributed by atoms with E-state index in [1.807, 2.05) is 33.7 Å². The molecule has 5 rings (SSSR count). The van der Waals surface area contributed by atoms with E-state index in [1.54, 1.807) is 20.2 Å². The highest BCUT2D eigenvalue weighted by atomic mass is 16.5. The molecule has 0 radical (unpaired) electrons. The Morgan fingerprint density at radius 1 is 1.12 bits per heavy atom. The van der Waals surface area contributed by atoms with Gasteiger partial charge < -0.3 is 9.64 Å². The summed E-state index contributed by atoms with van der Waals surface area (Å²) in [5.41, 5.74) is 2.06. The van der Waals surface area contributed by atoms with E-state index in [2.05, 4.69) is 15.3 Å². The number of piperidine rings is 1. The monoisotopic (exact) mass is 450 g/mol. The number of aromatic nitrogens is 5. The second-order valence-corrected chi connectivity index (χ2v) is 9.04. The maximum absolute atomic E-state index is 13.1. The molecule has 1 N–H and O–H groups in total. The van der Waals surface area contributed by atoms with Crippen molar-refractivity contribution >= 4 is 5.91 Å². The number of nitrogens with one attached hydrogen (secondary N) is 1. The Kier molecular flexibility index (Phi) is 5.78. The molecule has 0 atom stereocenters. The average Bonchev–Trinajstić information content (AvgIpc) is 3.60. The second-order valence-electron chi connectivity index (χ2n) is 9.04. The first-order valence-electron chi connectivity index (χ1n) is 11.7. The number of hydrogen-bond donors (Lipinski definition) is 1. The minimum absolute atomic E-state index is 0.0158. The molecule has 1 saturated heterocycles. The number of carbonyl (C=O) groups is 1. The summed E-state index contributed by atoms with van der Waals surface area (Å²) in [7, 11) is 3.36. The number of likely N-dealkylation sites (tertiary alicyclic amines) is 1. The van der Waals surface area contributed by atoms with E-state index >= 15 is 0 Å². The molecule has 0 unspecified atom stereocenters. The summed E-state index contributed by atoms with van der Waals surface area (Å²) < 4.78 is 8.68. The zero-order chi connectivity index (χ0) is 22.9. The predicted octanol–water partition coefficient (Wildman–Crippen LogP) is 3.12. The molecule has 0 spiro atoms. The second kappa shape index (κ2) is 8.88. The van der Waals surface area contributed by atoms with Crippen LogP contribution < -0.4 is 10.4 Å². The molecule has 1 aromatic carbocycles. The molecular weight excluding hydrogens is 420 g/mol. The Hall–Kier alpha value is -3.36. The van der Waals surface area contributed by atoms with Crippen molar-refractivity contribution in [2.75, 3.05) is 20.2 Å². The van der Waals surface area contributed by atoms with E-state index < -0.39 is 0 Å². The molecule has 3 aromatic rings. The number of ether oxygens (including phenoxy) is 1. The van der Waals surface area contributed by atoms with Gasteiger partial charge in [-0.25, -0.2) is 9.48 Å². The lowest BCUT2D eigenvalue weighted by Gasteiger charge is -2.31. The van der Waals surface area contributed by atoms with Gasteiger partial charge in [0.1, 0.15) is 17.3 Å². The highest BCUT2D eigenvalue weighted by Gasteiger charge is 2.32. The lowest BCUT2D eigenvalue weighted by atomic mass is 9.95. The van der Waals surface area contributed by atoms with Crippen LogP contribution in [-0.2, 0) is 7.05 Å². The summed E-state index contributed by atoms with van der Waals surface area (Å²) in [5.74, 6) is 1.78. The third-order valence-corrected chi connectivity index (χ3v) is 6.99. The summed E-state index contributed by atoms with van der Waals surface area (Å²) in [6.45, 7) is 1.26. The van der Waals surface area contributed by atoms with Crippen molar-refractivity contribution in [2.45, 2.75) is 50.5 Å². The minimum Gasteiger partial charge on any atom is -0.497 e. The van der Waals surface area contributed by atoms with Crippen molar-refractivity contribution < 1.29 is 9.53 Å². The number of aromatic amines is 1. The van der Waals surface area contributed by atoms with Crippen molar-refractivity contribution in [1.82, 2.24) is 29.4 Å². The number of carbonyl (C=O) groups excluding carboxylic acids is 1. The van der Waals surface area contributed by atoms with Gasteiger partial charge in [-0.3, -0.25) is 14.5 Å².